The van der Waals surface area contributed by atoms with Crippen LogP contribution >= 0.6 is 27.3 Å². The van der Waals surface area contributed by atoms with E-state index in [1.165, 1.54) is 28.6 Å². The molecule has 1 aliphatic heterocycles. The molecule has 4 heteroatoms. The zero-order chi connectivity index (χ0) is 11.5. The molecule has 2 nitrogen and oxygen atoms in total. The molecule has 2 unspecified atom stereocenters. The fraction of sp³-hybridized carbons (Fsp3) is 0.667. The van der Waals surface area contributed by atoms with Gasteiger partial charge in [-0.2, -0.15) is 0 Å². The maximum atomic E-state index is 3.58. The number of thiophene rings is 1. The van der Waals surface area contributed by atoms with Crippen molar-refractivity contribution in [3.05, 3.63) is 20.8 Å². The standard InChI is InChI=1S/C12H19BrN2S/c1-9-4-3-5-10(2)15(9)14-8-12-11(13)6-7-16-12/h6-7,9-10,14H,3-5,8H2,1-2H3. The molecule has 0 radical (unpaired) electrons. The molecule has 0 spiro atoms. The third-order valence-electron chi connectivity index (χ3n) is 3.31. The first-order chi connectivity index (χ1) is 7.68. The maximum Gasteiger partial charge on any atom is 0.0459 e. The Bertz CT molecular complexity index is 330. The van der Waals surface area contributed by atoms with Gasteiger partial charge in [0, 0.05) is 28.0 Å². The van der Waals surface area contributed by atoms with Gasteiger partial charge in [0.2, 0.25) is 0 Å². The van der Waals surface area contributed by atoms with Crippen LogP contribution in [0, 0.1) is 0 Å². The van der Waals surface area contributed by atoms with Crippen molar-refractivity contribution in [2.45, 2.75) is 51.7 Å². The second-order valence-electron chi connectivity index (χ2n) is 4.56. The van der Waals surface area contributed by atoms with Gasteiger partial charge >= 0.3 is 0 Å². The minimum absolute atomic E-state index is 0.655. The minimum atomic E-state index is 0.655. The van der Waals surface area contributed by atoms with Crippen LogP contribution in [0.2, 0.25) is 0 Å². The van der Waals surface area contributed by atoms with Gasteiger partial charge in [-0.1, -0.05) is 6.42 Å². The molecule has 0 aromatic carbocycles. The number of hydrogen-bond donors (Lipinski definition) is 1. The smallest absolute Gasteiger partial charge is 0.0459 e. The van der Waals surface area contributed by atoms with E-state index in [0.717, 1.165) is 6.54 Å². The van der Waals surface area contributed by atoms with Crippen molar-refractivity contribution in [1.29, 1.82) is 0 Å². The molecule has 0 aliphatic carbocycles. The van der Waals surface area contributed by atoms with Crippen molar-refractivity contribution < 1.29 is 0 Å². The van der Waals surface area contributed by atoms with Crippen LogP contribution in [-0.4, -0.2) is 17.1 Å². The Hall–Kier alpha value is 0.100. The second kappa shape index (κ2) is 5.63. The Kier molecular flexibility index (Phi) is 4.41. The lowest BCUT2D eigenvalue weighted by Gasteiger charge is -2.39. The van der Waals surface area contributed by atoms with Gasteiger partial charge < -0.3 is 0 Å². The van der Waals surface area contributed by atoms with Crippen LogP contribution in [0.3, 0.4) is 0 Å². The Morgan fingerprint density at radius 3 is 2.69 bits per heavy atom. The molecule has 2 rings (SSSR count). The lowest BCUT2D eigenvalue weighted by atomic mass is 10.00. The topological polar surface area (TPSA) is 15.3 Å². The number of hydrazine groups is 1. The highest BCUT2D eigenvalue weighted by Gasteiger charge is 2.24. The number of rotatable bonds is 3. The van der Waals surface area contributed by atoms with E-state index in [9.17, 15) is 0 Å². The predicted molar refractivity (Wildman–Crippen MR) is 73.5 cm³/mol. The zero-order valence-electron chi connectivity index (χ0n) is 9.87. The van der Waals surface area contributed by atoms with Crippen LogP contribution in [0.4, 0.5) is 0 Å². The molecule has 0 bridgehead atoms. The highest BCUT2D eigenvalue weighted by Crippen LogP contribution is 2.24. The van der Waals surface area contributed by atoms with Gasteiger partial charge in [-0.05, 0) is 54.1 Å². The molecule has 0 amide bonds. The summed E-state index contributed by atoms with van der Waals surface area (Å²) in [6.45, 7) is 5.56. The molecule has 16 heavy (non-hydrogen) atoms. The van der Waals surface area contributed by atoms with E-state index in [4.69, 9.17) is 0 Å². The van der Waals surface area contributed by atoms with Crippen molar-refractivity contribution in [1.82, 2.24) is 10.4 Å². The summed E-state index contributed by atoms with van der Waals surface area (Å²) in [5.74, 6) is 0. The van der Waals surface area contributed by atoms with Gasteiger partial charge in [-0.25, -0.2) is 10.4 Å². The Balaban J connectivity index is 1.91. The fourth-order valence-electron chi connectivity index (χ4n) is 2.35. The molecule has 2 heterocycles. The first-order valence-corrected chi connectivity index (χ1v) is 7.59. The maximum absolute atomic E-state index is 3.58. The SMILES string of the molecule is CC1CCCC(C)N1NCc1sccc1Br. The van der Waals surface area contributed by atoms with Gasteiger partial charge in [-0.15, -0.1) is 11.3 Å². The lowest BCUT2D eigenvalue weighted by molar-refractivity contribution is 0.0439. The molecule has 1 fully saturated rings. The van der Waals surface area contributed by atoms with Crippen LogP contribution in [0.1, 0.15) is 38.0 Å². The Morgan fingerprint density at radius 1 is 1.44 bits per heavy atom. The summed E-state index contributed by atoms with van der Waals surface area (Å²) in [5, 5.41) is 4.56. The third kappa shape index (κ3) is 2.86. The zero-order valence-corrected chi connectivity index (χ0v) is 12.3. The average molecular weight is 303 g/mol. The average Bonchev–Trinajstić information content (AvgIpc) is 2.64. The van der Waals surface area contributed by atoms with Crippen LogP contribution in [0.15, 0.2) is 15.9 Å². The Labute approximate surface area is 110 Å². The van der Waals surface area contributed by atoms with Crippen molar-refractivity contribution in [2.75, 3.05) is 0 Å². The molecule has 1 aliphatic rings. The number of nitrogens with zero attached hydrogens (tertiary/aromatic N) is 1. The largest absolute Gasteiger partial charge is 0.249 e. The van der Waals surface area contributed by atoms with Crippen molar-refractivity contribution in [3.63, 3.8) is 0 Å². The van der Waals surface area contributed by atoms with Gasteiger partial charge in [0.1, 0.15) is 0 Å². The Morgan fingerprint density at radius 2 is 2.12 bits per heavy atom. The van der Waals surface area contributed by atoms with E-state index in [1.807, 2.05) is 0 Å². The van der Waals surface area contributed by atoms with Crippen LogP contribution in [-0.2, 0) is 6.54 Å². The van der Waals surface area contributed by atoms with Crippen molar-refractivity contribution in [2.24, 2.45) is 0 Å². The molecule has 1 saturated heterocycles. The van der Waals surface area contributed by atoms with E-state index >= 15 is 0 Å². The molecule has 1 aromatic heterocycles. The molecular formula is C12H19BrN2S. The first kappa shape index (κ1) is 12.6. The van der Waals surface area contributed by atoms with Gasteiger partial charge in [0.15, 0.2) is 0 Å². The van der Waals surface area contributed by atoms with Crippen molar-refractivity contribution in [3.8, 4) is 0 Å². The summed E-state index contributed by atoms with van der Waals surface area (Å²) >= 11 is 5.38. The van der Waals surface area contributed by atoms with Crippen LogP contribution < -0.4 is 5.43 Å². The van der Waals surface area contributed by atoms with Crippen LogP contribution in [0.25, 0.3) is 0 Å². The number of piperidine rings is 1. The highest BCUT2D eigenvalue weighted by molar-refractivity contribution is 9.10. The lowest BCUT2D eigenvalue weighted by Crippen LogP contribution is -2.51. The number of hydrogen-bond acceptors (Lipinski definition) is 3. The first-order valence-electron chi connectivity index (χ1n) is 5.92. The summed E-state index contributed by atoms with van der Waals surface area (Å²) in [7, 11) is 0. The normalized spacial score (nSPS) is 27.2. The number of halogens is 1. The summed E-state index contributed by atoms with van der Waals surface area (Å²) in [6.07, 6.45) is 3.98. The molecule has 90 valence electrons. The molecular weight excluding hydrogens is 284 g/mol. The van der Waals surface area contributed by atoms with Gasteiger partial charge in [0.05, 0.1) is 0 Å². The summed E-state index contributed by atoms with van der Waals surface area (Å²) in [6, 6.07) is 3.43. The molecule has 1 aromatic rings. The second-order valence-corrected chi connectivity index (χ2v) is 6.42. The van der Waals surface area contributed by atoms with Gasteiger partial charge in [0.25, 0.3) is 0 Å². The molecule has 1 N–H and O–H groups in total. The van der Waals surface area contributed by atoms with E-state index in [-0.39, 0.29) is 0 Å². The third-order valence-corrected chi connectivity index (χ3v) is 5.23. The molecule has 2 atom stereocenters. The highest BCUT2D eigenvalue weighted by atomic mass is 79.9. The van der Waals surface area contributed by atoms with Gasteiger partial charge in [-0.3, -0.25) is 0 Å². The van der Waals surface area contributed by atoms with Crippen molar-refractivity contribution >= 4 is 27.3 Å². The fourth-order valence-corrected chi connectivity index (χ4v) is 3.77. The van der Waals surface area contributed by atoms with E-state index in [0.29, 0.717) is 12.1 Å². The molecule has 0 saturated carbocycles. The minimum Gasteiger partial charge on any atom is -0.249 e. The summed E-state index contributed by atoms with van der Waals surface area (Å²) in [5.41, 5.74) is 3.58. The van der Waals surface area contributed by atoms with E-state index < -0.39 is 0 Å². The monoisotopic (exact) mass is 302 g/mol. The number of nitrogens with one attached hydrogen (secondary N) is 1. The van der Waals surface area contributed by atoms with Crippen LogP contribution in [0.5, 0.6) is 0 Å². The summed E-state index contributed by atoms with van der Waals surface area (Å²) < 4.78 is 1.22. The quantitative estimate of drug-likeness (QED) is 0.914. The predicted octanol–water partition coefficient (Wildman–Crippen LogP) is 3.78. The van der Waals surface area contributed by atoms with E-state index in [1.54, 1.807) is 11.3 Å². The summed E-state index contributed by atoms with van der Waals surface area (Å²) in [4.78, 5) is 1.38. The van der Waals surface area contributed by atoms with E-state index in [2.05, 4.69) is 51.7 Å².